The van der Waals surface area contributed by atoms with Gasteiger partial charge in [0.1, 0.15) is 13.2 Å². The van der Waals surface area contributed by atoms with E-state index in [0.29, 0.717) is 17.4 Å². The highest BCUT2D eigenvalue weighted by Gasteiger charge is 2.27. The van der Waals surface area contributed by atoms with Gasteiger partial charge in [0, 0.05) is 6.42 Å². The lowest BCUT2D eigenvalue weighted by atomic mass is 10.0. The van der Waals surface area contributed by atoms with Gasteiger partial charge in [0.2, 0.25) is 5.91 Å². The molecule has 0 bridgehead atoms. The largest absolute Gasteiger partial charge is 0.472 e. The number of rotatable bonds is 42. The molecule has 0 spiro atoms. The fourth-order valence-corrected chi connectivity index (χ4v) is 7.42. The fraction of sp³-hybridized carbons (Fsp3) is 0.891. The second kappa shape index (κ2) is 38.5. The van der Waals surface area contributed by atoms with E-state index in [0.717, 1.165) is 51.4 Å². The smallest absolute Gasteiger partial charge is 0.387 e. The molecule has 9 heteroatoms. The quantitative estimate of drug-likeness (QED) is 0.0246. The predicted octanol–water partition coefficient (Wildman–Crippen LogP) is 12.9. The number of likely N-dealkylation sites (N-methyl/N-ethyl adjacent to an activating group) is 1. The summed E-state index contributed by atoms with van der Waals surface area (Å²) in [4.78, 5) is 23.1. The first kappa shape index (κ1) is 54.0. The second-order valence-corrected chi connectivity index (χ2v) is 18.6. The third kappa shape index (κ3) is 41.0. The molecule has 0 aliphatic rings. The Kier molecular flexibility index (Phi) is 37.8. The summed E-state index contributed by atoms with van der Waals surface area (Å²) in [6.07, 6.45) is 45.3. The van der Waals surface area contributed by atoms with Crippen LogP contribution in [0.5, 0.6) is 0 Å². The van der Waals surface area contributed by atoms with E-state index in [1.807, 2.05) is 27.2 Å². The van der Waals surface area contributed by atoms with Gasteiger partial charge in [-0.2, -0.15) is 0 Å². The normalized spacial score (nSPS) is 14.5. The molecule has 0 rings (SSSR count). The highest BCUT2D eigenvalue weighted by molar-refractivity contribution is 7.47. The van der Waals surface area contributed by atoms with E-state index in [2.05, 4.69) is 31.3 Å². The number of phosphoric acid groups is 1. The Hall–Kier alpha value is -1.02. The summed E-state index contributed by atoms with van der Waals surface area (Å²) in [5.74, 6) is -0.193. The van der Waals surface area contributed by atoms with Crippen LogP contribution in [0.25, 0.3) is 0 Å². The van der Waals surface area contributed by atoms with Crippen molar-refractivity contribution >= 4 is 13.7 Å². The summed E-state index contributed by atoms with van der Waals surface area (Å²) >= 11 is 0. The van der Waals surface area contributed by atoms with Gasteiger partial charge in [-0.15, -0.1) is 0 Å². The lowest BCUT2D eigenvalue weighted by Crippen LogP contribution is -2.45. The molecule has 0 aromatic carbocycles. The van der Waals surface area contributed by atoms with Crippen LogP contribution in [-0.2, 0) is 18.4 Å². The number of hydrogen-bond acceptors (Lipinski definition) is 5. The Morgan fingerprint density at radius 2 is 0.982 bits per heavy atom. The third-order valence-corrected chi connectivity index (χ3v) is 11.4. The molecule has 0 fully saturated rings. The van der Waals surface area contributed by atoms with Crippen LogP contribution in [-0.4, -0.2) is 73.4 Å². The van der Waals surface area contributed by atoms with E-state index >= 15 is 0 Å². The number of carbonyl (C=O) groups excluding carboxylic acids is 1. The lowest BCUT2D eigenvalue weighted by molar-refractivity contribution is -0.870. The van der Waals surface area contributed by atoms with Crippen molar-refractivity contribution in [3.05, 3.63) is 24.3 Å². The second-order valence-electron chi connectivity index (χ2n) is 17.1. The minimum absolute atomic E-state index is 0.0599. The van der Waals surface area contributed by atoms with E-state index in [4.69, 9.17) is 9.05 Å². The predicted molar refractivity (Wildman–Crippen MR) is 235 cm³/mol. The third-order valence-electron chi connectivity index (χ3n) is 10.4. The number of quaternary nitrogens is 1. The maximum atomic E-state index is 12.8. The van der Waals surface area contributed by atoms with Crippen LogP contribution in [0.4, 0.5) is 0 Å². The van der Waals surface area contributed by atoms with Gasteiger partial charge in [0.05, 0.1) is 39.9 Å². The molecular formula is C46H92N2O6P+. The molecule has 0 saturated carbocycles. The zero-order valence-electron chi connectivity index (χ0n) is 36.9. The number of amides is 1. The molecule has 0 aromatic heterocycles. The average molecular weight is 800 g/mol. The van der Waals surface area contributed by atoms with Crippen LogP contribution in [0.3, 0.4) is 0 Å². The molecule has 55 heavy (non-hydrogen) atoms. The summed E-state index contributed by atoms with van der Waals surface area (Å²) in [6.45, 7) is 4.80. The lowest BCUT2D eigenvalue weighted by Gasteiger charge is -2.25. The Morgan fingerprint density at radius 1 is 0.600 bits per heavy atom. The van der Waals surface area contributed by atoms with Crippen LogP contribution in [0, 0.1) is 0 Å². The fourth-order valence-electron chi connectivity index (χ4n) is 6.68. The van der Waals surface area contributed by atoms with E-state index in [9.17, 15) is 19.4 Å². The number of aliphatic hydroxyl groups excluding tert-OH is 1. The van der Waals surface area contributed by atoms with Crippen LogP contribution in [0.15, 0.2) is 24.3 Å². The molecule has 0 aliphatic heterocycles. The molecule has 3 unspecified atom stereocenters. The van der Waals surface area contributed by atoms with Crippen molar-refractivity contribution in [2.24, 2.45) is 0 Å². The monoisotopic (exact) mass is 800 g/mol. The first-order chi connectivity index (χ1) is 26.5. The van der Waals surface area contributed by atoms with Crippen molar-refractivity contribution in [2.45, 2.75) is 225 Å². The van der Waals surface area contributed by atoms with Crippen molar-refractivity contribution in [1.82, 2.24) is 5.32 Å². The topological polar surface area (TPSA) is 105 Å². The summed E-state index contributed by atoms with van der Waals surface area (Å²) < 4.78 is 23.6. The van der Waals surface area contributed by atoms with Gasteiger partial charge in [-0.3, -0.25) is 13.8 Å². The molecule has 0 aliphatic carbocycles. The number of phosphoric ester groups is 1. The minimum atomic E-state index is -4.34. The van der Waals surface area contributed by atoms with Crippen LogP contribution >= 0.6 is 7.82 Å². The number of unbranched alkanes of at least 4 members (excludes halogenated alkanes) is 27. The molecule has 0 radical (unpaired) electrons. The summed E-state index contributed by atoms with van der Waals surface area (Å²) in [7, 11) is 1.57. The number of allylic oxidation sites excluding steroid dienone is 3. The van der Waals surface area contributed by atoms with Crippen LogP contribution in [0.2, 0.25) is 0 Å². The van der Waals surface area contributed by atoms with Crippen molar-refractivity contribution in [3.8, 4) is 0 Å². The van der Waals surface area contributed by atoms with Crippen molar-refractivity contribution in [3.63, 3.8) is 0 Å². The summed E-state index contributed by atoms with van der Waals surface area (Å²) in [6, 6.07) is -0.851. The number of nitrogens with zero attached hydrogens (tertiary/aromatic N) is 1. The number of hydrogen-bond donors (Lipinski definition) is 3. The van der Waals surface area contributed by atoms with Gasteiger partial charge in [-0.1, -0.05) is 186 Å². The van der Waals surface area contributed by atoms with E-state index in [1.165, 1.54) is 141 Å². The average Bonchev–Trinajstić information content (AvgIpc) is 3.13. The van der Waals surface area contributed by atoms with E-state index in [-0.39, 0.29) is 19.1 Å². The molecule has 8 nitrogen and oxygen atoms in total. The van der Waals surface area contributed by atoms with Gasteiger partial charge in [-0.25, -0.2) is 4.57 Å². The first-order valence-corrected chi connectivity index (χ1v) is 24.7. The van der Waals surface area contributed by atoms with E-state index in [1.54, 1.807) is 6.08 Å². The summed E-state index contributed by atoms with van der Waals surface area (Å²) in [5, 5.41) is 13.8. The van der Waals surface area contributed by atoms with Gasteiger partial charge in [0.15, 0.2) is 0 Å². The number of aliphatic hydroxyl groups is 1. The summed E-state index contributed by atoms with van der Waals surface area (Å²) in [5.41, 5.74) is 0. The SMILES string of the molecule is CCCCCCCC/C=C\CCCCCC(=O)NC(COP(=O)(O)OCC[N+](C)(C)C)C(O)/C=C/CCCCCCCCCCCCCCCCCCCC. The Morgan fingerprint density at radius 3 is 1.40 bits per heavy atom. The number of nitrogens with one attached hydrogen (secondary N) is 1. The molecule has 3 atom stereocenters. The maximum Gasteiger partial charge on any atom is 0.472 e. The Bertz CT molecular complexity index is 953. The zero-order valence-corrected chi connectivity index (χ0v) is 37.8. The van der Waals surface area contributed by atoms with Gasteiger partial charge in [0.25, 0.3) is 0 Å². The standard InChI is InChI=1S/C46H91N2O6P/c1-6-8-10-12-14-16-18-20-21-22-23-24-25-26-28-29-31-33-35-37-39-45(49)44(43-54-55(51,52)53-42-41-48(3,4)5)47-46(50)40-38-36-34-32-30-27-19-17-15-13-11-9-7-2/h27,30,37,39,44-45,49H,6-26,28-29,31-36,38,40-43H2,1-5H3,(H-,47,50,51,52)/p+1/b30-27-,39-37+. The van der Waals surface area contributed by atoms with Gasteiger partial charge in [-0.05, 0) is 44.9 Å². The molecular weight excluding hydrogens is 707 g/mol. The minimum Gasteiger partial charge on any atom is -0.387 e. The van der Waals surface area contributed by atoms with Crippen LogP contribution in [0.1, 0.15) is 213 Å². The van der Waals surface area contributed by atoms with E-state index < -0.39 is 20.0 Å². The number of carbonyl (C=O) groups is 1. The Labute approximate surface area is 341 Å². The van der Waals surface area contributed by atoms with Gasteiger partial charge >= 0.3 is 7.82 Å². The highest BCUT2D eigenvalue weighted by atomic mass is 31.2. The van der Waals surface area contributed by atoms with Gasteiger partial charge < -0.3 is 19.8 Å². The van der Waals surface area contributed by atoms with Crippen molar-refractivity contribution < 1.29 is 32.9 Å². The van der Waals surface area contributed by atoms with Crippen molar-refractivity contribution in [2.75, 3.05) is 40.9 Å². The molecule has 0 aromatic rings. The molecule has 3 N–H and O–H groups in total. The molecule has 1 amide bonds. The molecule has 326 valence electrons. The zero-order chi connectivity index (χ0) is 40.7. The molecule has 0 saturated heterocycles. The van der Waals surface area contributed by atoms with Crippen LogP contribution < -0.4 is 5.32 Å². The molecule has 0 heterocycles. The first-order valence-electron chi connectivity index (χ1n) is 23.2. The Balaban J connectivity index is 4.38. The maximum absolute atomic E-state index is 12.8. The van der Waals surface area contributed by atoms with Crippen molar-refractivity contribution in [1.29, 1.82) is 0 Å². The highest BCUT2D eigenvalue weighted by Crippen LogP contribution is 2.43.